The summed E-state index contributed by atoms with van der Waals surface area (Å²) in [5, 5.41) is 5.65. The standard InChI is InChI=1S/C22H26N8/c1-14(2)20-23-15(3)13-19(26-20)28-9-11-29(12-10-28)22-25-18-8-6-5-7-17(18)21-24-16(4)27-30(21)22/h5-8,13-14H,9-12H2,1-4H3. The maximum Gasteiger partial charge on any atom is 0.229 e. The van der Waals surface area contributed by atoms with E-state index in [2.05, 4.69) is 50.8 Å². The predicted molar refractivity (Wildman–Crippen MR) is 118 cm³/mol. The van der Waals surface area contributed by atoms with Crippen LogP contribution in [-0.4, -0.2) is 55.7 Å². The summed E-state index contributed by atoms with van der Waals surface area (Å²) in [6.45, 7) is 11.7. The molecule has 1 aliphatic heterocycles. The van der Waals surface area contributed by atoms with E-state index in [1.165, 1.54) is 0 Å². The normalized spacial score (nSPS) is 15.0. The first-order chi connectivity index (χ1) is 14.5. The molecule has 4 aromatic rings. The van der Waals surface area contributed by atoms with E-state index in [9.17, 15) is 0 Å². The molecule has 154 valence electrons. The minimum atomic E-state index is 0.315. The molecule has 1 aromatic carbocycles. The maximum absolute atomic E-state index is 4.93. The third-order valence-corrected chi connectivity index (χ3v) is 5.53. The second-order valence-electron chi connectivity index (χ2n) is 8.18. The van der Waals surface area contributed by atoms with E-state index in [1.807, 2.05) is 36.6 Å². The first-order valence-corrected chi connectivity index (χ1v) is 10.5. The topological polar surface area (TPSA) is 75.3 Å². The minimum Gasteiger partial charge on any atom is -0.353 e. The van der Waals surface area contributed by atoms with E-state index >= 15 is 0 Å². The van der Waals surface area contributed by atoms with E-state index in [1.54, 1.807) is 0 Å². The summed E-state index contributed by atoms with van der Waals surface area (Å²) < 4.78 is 1.89. The Kier molecular flexibility index (Phi) is 4.49. The Balaban J connectivity index is 1.45. The number of hydrogen-bond donors (Lipinski definition) is 0. The van der Waals surface area contributed by atoms with Crippen molar-refractivity contribution in [2.75, 3.05) is 36.0 Å². The van der Waals surface area contributed by atoms with Gasteiger partial charge in [-0.2, -0.15) is 4.52 Å². The number of benzene rings is 1. The number of piperazine rings is 1. The Labute approximate surface area is 175 Å². The van der Waals surface area contributed by atoms with E-state index in [0.29, 0.717) is 5.92 Å². The van der Waals surface area contributed by atoms with Crippen molar-refractivity contribution in [3.8, 4) is 0 Å². The molecule has 0 radical (unpaired) electrons. The third kappa shape index (κ3) is 3.22. The lowest BCUT2D eigenvalue weighted by atomic mass is 10.2. The lowest BCUT2D eigenvalue weighted by Gasteiger charge is -2.36. The number of nitrogens with zero attached hydrogens (tertiary/aromatic N) is 8. The molecule has 30 heavy (non-hydrogen) atoms. The Morgan fingerprint density at radius 3 is 2.37 bits per heavy atom. The minimum absolute atomic E-state index is 0.315. The van der Waals surface area contributed by atoms with Gasteiger partial charge in [0, 0.05) is 49.2 Å². The molecule has 0 spiro atoms. The highest BCUT2D eigenvalue weighted by molar-refractivity contribution is 5.92. The Morgan fingerprint density at radius 1 is 0.867 bits per heavy atom. The molecule has 8 heteroatoms. The molecule has 0 N–H and O–H groups in total. The second-order valence-corrected chi connectivity index (χ2v) is 8.18. The van der Waals surface area contributed by atoms with Crippen molar-refractivity contribution in [3.63, 3.8) is 0 Å². The average molecular weight is 403 g/mol. The summed E-state index contributed by atoms with van der Waals surface area (Å²) in [4.78, 5) is 23.6. The van der Waals surface area contributed by atoms with Crippen LogP contribution in [0.5, 0.6) is 0 Å². The van der Waals surface area contributed by atoms with Crippen molar-refractivity contribution in [1.82, 2.24) is 29.5 Å². The summed E-state index contributed by atoms with van der Waals surface area (Å²) in [6, 6.07) is 10.2. The number of para-hydroxylation sites is 1. The second kappa shape index (κ2) is 7.19. The van der Waals surface area contributed by atoms with E-state index in [-0.39, 0.29) is 0 Å². The van der Waals surface area contributed by atoms with Gasteiger partial charge in [0.25, 0.3) is 0 Å². The number of rotatable bonds is 3. The summed E-state index contributed by atoms with van der Waals surface area (Å²) in [5.41, 5.74) is 2.83. The molecule has 8 nitrogen and oxygen atoms in total. The highest BCUT2D eigenvalue weighted by Crippen LogP contribution is 2.25. The summed E-state index contributed by atoms with van der Waals surface area (Å²) >= 11 is 0. The molecule has 0 aliphatic carbocycles. The predicted octanol–water partition coefficient (Wildman–Crippen LogP) is 3.13. The van der Waals surface area contributed by atoms with Crippen molar-refractivity contribution in [3.05, 3.63) is 47.7 Å². The third-order valence-electron chi connectivity index (χ3n) is 5.53. The smallest absolute Gasteiger partial charge is 0.229 e. The quantitative estimate of drug-likeness (QED) is 0.521. The molecule has 1 saturated heterocycles. The van der Waals surface area contributed by atoms with Gasteiger partial charge in [-0.25, -0.2) is 19.9 Å². The van der Waals surface area contributed by atoms with Crippen LogP contribution in [0.25, 0.3) is 16.6 Å². The molecular formula is C22H26N8. The van der Waals surface area contributed by atoms with E-state index in [4.69, 9.17) is 9.97 Å². The van der Waals surface area contributed by atoms with Crippen molar-refractivity contribution in [1.29, 1.82) is 0 Å². The Bertz CT molecular complexity index is 1220. The van der Waals surface area contributed by atoms with Crippen LogP contribution >= 0.6 is 0 Å². The van der Waals surface area contributed by atoms with Gasteiger partial charge in [0.05, 0.1) is 5.52 Å². The highest BCUT2D eigenvalue weighted by Gasteiger charge is 2.23. The fourth-order valence-corrected chi connectivity index (χ4v) is 3.98. The van der Waals surface area contributed by atoms with Crippen molar-refractivity contribution < 1.29 is 0 Å². The molecule has 0 unspecified atom stereocenters. The molecular weight excluding hydrogens is 376 g/mol. The first-order valence-electron chi connectivity index (χ1n) is 10.5. The summed E-state index contributed by atoms with van der Waals surface area (Å²) in [7, 11) is 0. The van der Waals surface area contributed by atoms with Crippen LogP contribution in [0, 0.1) is 13.8 Å². The fraction of sp³-hybridized carbons (Fsp3) is 0.409. The Hall–Kier alpha value is -3.29. The molecule has 5 rings (SSSR count). The fourth-order valence-electron chi connectivity index (χ4n) is 3.98. The van der Waals surface area contributed by atoms with Gasteiger partial charge in [0.1, 0.15) is 17.5 Å². The SMILES string of the molecule is Cc1cc(N2CCN(c3nc4ccccc4c4nc(C)nn34)CC2)nc(C(C)C)n1. The number of hydrogen-bond acceptors (Lipinski definition) is 7. The van der Waals surface area contributed by atoms with Gasteiger partial charge in [-0.3, -0.25) is 0 Å². The van der Waals surface area contributed by atoms with Gasteiger partial charge in [-0.15, -0.1) is 5.10 Å². The maximum atomic E-state index is 4.93. The van der Waals surface area contributed by atoms with Crippen LogP contribution in [-0.2, 0) is 0 Å². The number of fused-ring (bicyclic) bond motifs is 3. The number of anilines is 2. The van der Waals surface area contributed by atoms with Crippen molar-refractivity contribution >= 4 is 28.3 Å². The molecule has 3 aromatic heterocycles. The van der Waals surface area contributed by atoms with Crippen LogP contribution in [0.15, 0.2) is 30.3 Å². The van der Waals surface area contributed by atoms with Gasteiger partial charge in [0.15, 0.2) is 5.65 Å². The number of aromatic nitrogens is 6. The molecule has 1 aliphatic rings. The van der Waals surface area contributed by atoms with Crippen LogP contribution in [0.1, 0.15) is 37.1 Å². The number of aryl methyl sites for hydroxylation is 2. The lowest BCUT2D eigenvalue weighted by molar-refractivity contribution is 0.622. The largest absolute Gasteiger partial charge is 0.353 e. The van der Waals surface area contributed by atoms with Crippen LogP contribution in [0.3, 0.4) is 0 Å². The van der Waals surface area contributed by atoms with E-state index in [0.717, 1.165) is 71.8 Å². The first kappa shape index (κ1) is 18.7. The van der Waals surface area contributed by atoms with Gasteiger partial charge < -0.3 is 9.80 Å². The molecule has 4 heterocycles. The molecule has 0 saturated carbocycles. The summed E-state index contributed by atoms with van der Waals surface area (Å²) in [6.07, 6.45) is 0. The van der Waals surface area contributed by atoms with E-state index < -0.39 is 0 Å². The summed E-state index contributed by atoms with van der Waals surface area (Å²) in [5.74, 6) is 3.84. The van der Waals surface area contributed by atoms with Crippen LogP contribution in [0.2, 0.25) is 0 Å². The van der Waals surface area contributed by atoms with Crippen LogP contribution in [0.4, 0.5) is 11.8 Å². The molecule has 0 bridgehead atoms. The van der Waals surface area contributed by atoms with Gasteiger partial charge in [0.2, 0.25) is 5.95 Å². The Morgan fingerprint density at radius 2 is 1.60 bits per heavy atom. The molecule has 0 atom stereocenters. The van der Waals surface area contributed by atoms with Crippen molar-refractivity contribution in [2.45, 2.75) is 33.6 Å². The van der Waals surface area contributed by atoms with Crippen LogP contribution < -0.4 is 9.80 Å². The average Bonchev–Trinajstić information content (AvgIpc) is 3.14. The zero-order chi connectivity index (χ0) is 20.8. The highest BCUT2D eigenvalue weighted by atomic mass is 15.4. The van der Waals surface area contributed by atoms with Gasteiger partial charge in [-0.1, -0.05) is 26.0 Å². The lowest BCUT2D eigenvalue weighted by Crippen LogP contribution is -2.47. The van der Waals surface area contributed by atoms with Crippen molar-refractivity contribution in [2.24, 2.45) is 0 Å². The van der Waals surface area contributed by atoms with Gasteiger partial charge >= 0.3 is 0 Å². The monoisotopic (exact) mass is 402 g/mol. The van der Waals surface area contributed by atoms with Gasteiger partial charge in [-0.05, 0) is 26.0 Å². The zero-order valence-electron chi connectivity index (χ0n) is 17.9. The zero-order valence-corrected chi connectivity index (χ0v) is 17.9. The molecule has 0 amide bonds. The molecule has 1 fully saturated rings.